The van der Waals surface area contributed by atoms with Crippen molar-refractivity contribution < 1.29 is 19.4 Å². The maximum Gasteiger partial charge on any atom is 0.273 e. The highest BCUT2D eigenvalue weighted by Crippen LogP contribution is 2.37. The molecule has 7 nitrogen and oxygen atoms in total. The second-order valence-electron chi connectivity index (χ2n) is 8.41. The molecule has 0 bridgehead atoms. The predicted molar refractivity (Wildman–Crippen MR) is 112 cm³/mol. The van der Waals surface area contributed by atoms with E-state index in [1.807, 2.05) is 18.2 Å². The van der Waals surface area contributed by atoms with Gasteiger partial charge in [-0.1, -0.05) is 30.3 Å². The molecular formula is C23H27N3O4. The third-order valence-electron chi connectivity index (χ3n) is 6.07. The highest BCUT2D eigenvalue weighted by atomic mass is 16.6. The molecule has 3 aliphatic heterocycles. The zero-order chi connectivity index (χ0) is 20.6. The molecule has 7 heteroatoms. The standard InChI is InChI=1S/C23H27N3O4/c27-19(13-26-8-7-17-3-1-2-4-18(17)12-26)11-24-10-16-5-6-21-20(9-16)25-22(28)23(30-21)14-29-15-23/h1-6,9,19,24,27H,7-8,10-15H2,(H,25,28)/t19-/m0/s1. The van der Waals surface area contributed by atoms with Crippen LogP contribution in [0.2, 0.25) is 0 Å². The van der Waals surface area contributed by atoms with Crippen LogP contribution >= 0.6 is 0 Å². The van der Waals surface area contributed by atoms with Crippen molar-refractivity contribution in [3.8, 4) is 5.75 Å². The van der Waals surface area contributed by atoms with Crippen LogP contribution in [0.15, 0.2) is 42.5 Å². The molecule has 0 radical (unpaired) electrons. The molecule has 1 saturated heterocycles. The Balaban J connectivity index is 1.11. The summed E-state index contributed by atoms with van der Waals surface area (Å²) < 4.78 is 11.0. The van der Waals surface area contributed by atoms with Crippen LogP contribution < -0.4 is 15.4 Å². The largest absolute Gasteiger partial charge is 0.470 e. The number of hydrogen-bond acceptors (Lipinski definition) is 6. The fourth-order valence-electron chi connectivity index (χ4n) is 4.30. The van der Waals surface area contributed by atoms with Crippen molar-refractivity contribution >= 4 is 11.6 Å². The maximum absolute atomic E-state index is 12.3. The van der Waals surface area contributed by atoms with Crippen molar-refractivity contribution in [1.82, 2.24) is 10.2 Å². The molecule has 2 aromatic rings. The van der Waals surface area contributed by atoms with Crippen molar-refractivity contribution in [1.29, 1.82) is 0 Å². The number of β-amino-alcohol motifs (C(OH)–C–C–N with tert-alkyl or cyclic N) is 1. The summed E-state index contributed by atoms with van der Waals surface area (Å²) in [6.45, 7) is 4.23. The highest BCUT2D eigenvalue weighted by molar-refractivity contribution is 6.01. The Morgan fingerprint density at radius 3 is 2.83 bits per heavy atom. The first-order chi connectivity index (χ1) is 14.6. The summed E-state index contributed by atoms with van der Waals surface area (Å²) in [6.07, 6.45) is 0.599. The zero-order valence-corrected chi connectivity index (χ0v) is 16.9. The average molecular weight is 409 g/mol. The van der Waals surface area contributed by atoms with Crippen molar-refractivity contribution in [3.63, 3.8) is 0 Å². The molecule has 0 unspecified atom stereocenters. The Hall–Kier alpha value is -2.45. The molecular weight excluding hydrogens is 382 g/mol. The van der Waals surface area contributed by atoms with Gasteiger partial charge in [-0.25, -0.2) is 0 Å². The molecule has 1 atom stereocenters. The van der Waals surface area contributed by atoms with Crippen LogP contribution in [0.25, 0.3) is 0 Å². The van der Waals surface area contributed by atoms with E-state index >= 15 is 0 Å². The van der Waals surface area contributed by atoms with Gasteiger partial charge in [0, 0.05) is 32.7 Å². The minimum atomic E-state index is -0.855. The van der Waals surface area contributed by atoms with E-state index in [0.717, 1.165) is 25.1 Å². The Labute approximate surface area is 176 Å². The number of amides is 1. The van der Waals surface area contributed by atoms with Gasteiger partial charge in [-0.2, -0.15) is 0 Å². The zero-order valence-electron chi connectivity index (χ0n) is 16.9. The number of aliphatic hydroxyl groups is 1. The Kier molecular flexibility index (Phi) is 5.20. The summed E-state index contributed by atoms with van der Waals surface area (Å²) in [4.78, 5) is 14.6. The summed E-state index contributed by atoms with van der Waals surface area (Å²) in [5.74, 6) is 0.525. The fraction of sp³-hybridized carbons (Fsp3) is 0.435. The lowest BCUT2D eigenvalue weighted by Crippen LogP contribution is -2.64. The summed E-state index contributed by atoms with van der Waals surface area (Å²) in [5, 5.41) is 16.7. The molecule has 158 valence electrons. The Morgan fingerprint density at radius 2 is 2.03 bits per heavy atom. The van der Waals surface area contributed by atoms with Crippen molar-refractivity contribution in [2.24, 2.45) is 0 Å². The molecule has 0 aromatic heterocycles. The molecule has 5 rings (SSSR count). The third kappa shape index (κ3) is 3.81. The molecule has 3 aliphatic rings. The number of nitrogens with zero attached hydrogens (tertiary/aromatic N) is 1. The highest BCUT2D eigenvalue weighted by Gasteiger charge is 2.51. The molecule has 3 heterocycles. The summed E-state index contributed by atoms with van der Waals surface area (Å²) in [6, 6.07) is 14.3. The van der Waals surface area contributed by atoms with E-state index in [4.69, 9.17) is 9.47 Å². The minimum absolute atomic E-state index is 0.148. The maximum atomic E-state index is 12.3. The van der Waals surface area contributed by atoms with E-state index in [-0.39, 0.29) is 5.91 Å². The van der Waals surface area contributed by atoms with Crippen LogP contribution in [0.3, 0.4) is 0 Å². The van der Waals surface area contributed by atoms with Gasteiger partial charge in [0.05, 0.1) is 25.0 Å². The Morgan fingerprint density at radius 1 is 1.20 bits per heavy atom. The molecule has 1 fully saturated rings. The van der Waals surface area contributed by atoms with Crippen LogP contribution in [0, 0.1) is 0 Å². The molecule has 0 aliphatic carbocycles. The normalized spacial score (nSPS) is 20.5. The first-order valence-corrected chi connectivity index (χ1v) is 10.5. The van der Waals surface area contributed by atoms with Crippen LogP contribution in [0.4, 0.5) is 5.69 Å². The number of nitrogens with one attached hydrogen (secondary N) is 2. The van der Waals surface area contributed by atoms with Gasteiger partial charge in [-0.05, 0) is 35.2 Å². The van der Waals surface area contributed by atoms with Crippen molar-refractivity contribution in [2.45, 2.75) is 31.2 Å². The predicted octanol–water partition coefficient (Wildman–Crippen LogP) is 1.30. The minimum Gasteiger partial charge on any atom is -0.470 e. The molecule has 1 amide bonds. The lowest BCUT2D eigenvalue weighted by Gasteiger charge is -2.42. The van der Waals surface area contributed by atoms with E-state index in [9.17, 15) is 9.90 Å². The topological polar surface area (TPSA) is 83.1 Å². The molecule has 3 N–H and O–H groups in total. The number of benzene rings is 2. The van der Waals surface area contributed by atoms with E-state index in [2.05, 4.69) is 39.8 Å². The van der Waals surface area contributed by atoms with Gasteiger partial charge in [-0.15, -0.1) is 0 Å². The third-order valence-corrected chi connectivity index (χ3v) is 6.07. The second-order valence-corrected chi connectivity index (χ2v) is 8.41. The van der Waals surface area contributed by atoms with Crippen molar-refractivity contribution in [3.05, 3.63) is 59.2 Å². The average Bonchev–Trinajstić information content (AvgIpc) is 2.72. The van der Waals surface area contributed by atoms with Crippen LogP contribution in [-0.4, -0.2) is 60.5 Å². The second kappa shape index (κ2) is 8.00. The van der Waals surface area contributed by atoms with Gasteiger partial charge >= 0.3 is 0 Å². The van der Waals surface area contributed by atoms with E-state index in [0.29, 0.717) is 44.3 Å². The van der Waals surface area contributed by atoms with Crippen molar-refractivity contribution in [2.75, 3.05) is 38.2 Å². The number of rotatable bonds is 6. The van der Waals surface area contributed by atoms with Crippen LogP contribution in [0.5, 0.6) is 5.75 Å². The van der Waals surface area contributed by atoms with E-state index in [1.165, 1.54) is 11.1 Å². The molecule has 30 heavy (non-hydrogen) atoms. The first-order valence-electron chi connectivity index (χ1n) is 10.5. The van der Waals surface area contributed by atoms with Gasteiger partial charge in [-0.3, -0.25) is 9.69 Å². The van der Waals surface area contributed by atoms with Gasteiger partial charge < -0.3 is 25.2 Å². The fourth-order valence-corrected chi connectivity index (χ4v) is 4.30. The number of hydrogen-bond donors (Lipinski definition) is 3. The van der Waals surface area contributed by atoms with Gasteiger partial charge in [0.25, 0.3) is 5.91 Å². The number of fused-ring (bicyclic) bond motifs is 2. The lowest BCUT2D eigenvalue weighted by molar-refractivity contribution is -0.178. The Bertz CT molecular complexity index is 944. The summed E-state index contributed by atoms with van der Waals surface area (Å²) in [5.41, 5.74) is 3.63. The number of anilines is 1. The number of aliphatic hydroxyl groups excluding tert-OH is 1. The molecule has 0 saturated carbocycles. The number of carbonyl (C=O) groups is 1. The smallest absolute Gasteiger partial charge is 0.273 e. The van der Waals surface area contributed by atoms with Gasteiger partial charge in [0.2, 0.25) is 5.60 Å². The van der Waals surface area contributed by atoms with Gasteiger partial charge in [0.15, 0.2) is 0 Å². The van der Waals surface area contributed by atoms with E-state index < -0.39 is 11.7 Å². The van der Waals surface area contributed by atoms with Crippen LogP contribution in [0.1, 0.15) is 16.7 Å². The number of ether oxygens (including phenoxy) is 2. The number of carbonyl (C=O) groups excluding carboxylic acids is 1. The SMILES string of the molecule is O=C1Nc2cc(CNC[C@H](O)CN3CCc4ccccc4C3)ccc2OC12COC2. The monoisotopic (exact) mass is 409 g/mol. The first kappa shape index (κ1) is 19.5. The van der Waals surface area contributed by atoms with Gasteiger partial charge in [0.1, 0.15) is 5.75 Å². The van der Waals surface area contributed by atoms with E-state index in [1.54, 1.807) is 0 Å². The summed E-state index contributed by atoms with van der Waals surface area (Å²) in [7, 11) is 0. The molecule has 2 aromatic carbocycles. The molecule has 1 spiro atoms. The lowest BCUT2D eigenvalue weighted by atomic mass is 9.98. The summed E-state index contributed by atoms with van der Waals surface area (Å²) >= 11 is 0. The van der Waals surface area contributed by atoms with Crippen LogP contribution in [-0.2, 0) is 29.0 Å². The quantitative estimate of drug-likeness (QED) is 0.667.